The Kier molecular flexibility index (Phi) is 9.62. The summed E-state index contributed by atoms with van der Waals surface area (Å²) in [5.41, 5.74) is 4.33. The molecule has 6 nitrogen and oxygen atoms in total. The Balaban J connectivity index is 1.40. The van der Waals surface area contributed by atoms with Gasteiger partial charge in [-0.25, -0.2) is 8.42 Å². The number of hydrogen-bond acceptors (Lipinski definition) is 6. The Hall–Kier alpha value is -3.12. The summed E-state index contributed by atoms with van der Waals surface area (Å²) in [7, 11) is -2.91. The third-order valence-electron chi connectivity index (χ3n) is 6.77. The average Bonchev–Trinajstić information content (AvgIpc) is 3.40. The first kappa shape index (κ1) is 27.9. The van der Waals surface area contributed by atoms with Gasteiger partial charge in [-0.2, -0.15) is 11.3 Å². The number of ether oxygens (including phenoxy) is 1. The van der Waals surface area contributed by atoms with Crippen LogP contribution in [0.3, 0.4) is 0 Å². The maximum absolute atomic E-state index is 12.0. The second-order valence-electron chi connectivity index (χ2n) is 9.64. The number of aliphatic carboxylic acids is 1. The van der Waals surface area contributed by atoms with Gasteiger partial charge in [0.05, 0.1) is 23.8 Å². The van der Waals surface area contributed by atoms with Gasteiger partial charge in [0.25, 0.3) is 0 Å². The minimum Gasteiger partial charge on any atom is -0.489 e. The van der Waals surface area contributed by atoms with Gasteiger partial charge in [-0.3, -0.25) is 9.69 Å². The van der Waals surface area contributed by atoms with E-state index in [1.165, 1.54) is 11.1 Å². The van der Waals surface area contributed by atoms with Crippen molar-refractivity contribution in [3.63, 3.8) is 0 Å². The minimum atomic E-state index is -2.91. The normalized spacial score (nSPS) is 15.9. The molecule has 1 atom stereocenters. The zero-order valence-corrected chi connectivity index (χ0v) is 23.1. The monoisotopic (exact) mass is 551 g/mol. The largest absolute Gasteiger partial charge is 0.489 e. The molecule has 0 spiro atoms. The summed E-state index contributed by atoms with van der Waals surface area (Å²) in [5, 5.41) is 13.4. The van der Waals surface area contributed by atoms with Crippen LogP contribution in [0.5, 0.6) is 5.75 Å². The van der Waals surface area contributed by atoms with Crippen molar-refractivity contribution in [3.05, 3.63) is 87.6 Å². The second kappa shape index (κ2) is 13.1. The number of sulfone groups is 1. The highest BCUT2D eigenvalue weighted by Gasteiger charge is 2.28. The average molecular weight is 552 g/mol. The predicted molar refractivity (Wildman–Crippen MR) is 151 cm³/mol. The first-order valence-corrected chi connectivity index (χ1v) is 15.5. The number of thiophene rings is 1. The van der Waals surface area contributed by atoms with E-state index in [0.717, 1.165) is 24.2 Å². The van der Waals surface area contributed by atoms with Gasteiger partial charge in [0.2, 0.25) is 0 Å². The first-order chi connectivity index (χ1) is 18.3. The Morgan fingerprint density at radius 2 is 1.79 bits per heavy atom. The van der Waals surface area contributed by atoms with E-state index in [4.69, 9.17) is 9.84 Å². The lowest BCUT2D eigenvalue weighted by atomic mass is 9.96. The summed E-state index contributed by atoms with van der Waals surface area (Å²) in [6.45, 7) is 3.66. The molecule has 0 unspecified atom stereocenters. The van der Waals surface area contributed by atoms with Crippen LogP contribution in [0.15, 0.2) is 65.4 Å². The number of rotatable bonds is 11. The highest BCUT2D eigenvalue weighted by atomic mass is 32.2. The molecule has 0 saturated carbocycles. The van der Waals surface area contributed by atoms with E-state index in [9.17, 15) is 13.2 Å². The fourth-order valence-corrected chi connectivity index (χ4v) is 6.92. The Morgan fingerprint density at radius 3 is 2.45 bits per heavy atom. The SMILES string of the molecule is CC#C[C@@H](CC(=O)O)c1ccc(OCc2cccc(CN(Cc3ccsc3)C3CCS(=O)(=O)CC3)c2)cc1. The van der Waals surface area contributed by atoms with Crippen LogP contribution < -0.4 is 4.74 Å². The highest BCUT2D eigenvalue weighted by molar-refractivity contribution is 7.91. The summed E-state index contributed by atoms with van der Waals surface area (Å²) in [6.07, 6.45) is 1.30. The molecule has 8 heteroatoms. The lowest BCUT2D eigenvalue weighted by molar-refractivity contribution is -0.137. The zero-order chi connectivity index (χ0) is 27.0. The van der Waals surface area contributed by atoms with Crippen LogP contribution in [0.4, 0.5) is 0 Å². The van der Waals surface area contributed by atoms with Crippen molar-refractivity contribution >= 4 is 27.1 Å². The number of benzene rings is 2. The van der Waals surface area contributed by atoms with Crippen molar-refractivity contribution < 1.29 is 23.1 Å². The molecule has 1 fully saturated rings. The van der Waals surface area contributed by atoms with Gasteiger partial charge in [-0.15, -0.1) is 5.92 Å². The van der Waals surface area contributed by atoms with Gasteiger partial charge in [-0.1, -0.05) is 42.3 Å². The van der Waals surface area contributed by atoms with Crippen molar-refractivity contribution in [2.75, 3.05) is 11.5 Å². The third kappa shape index (κ3) is 8.19. The molecular formula is C30H33NO5S2. The lowest BCUT2D eigenvalue weighted by Crippen LogP contribution is -2.40. The summed E-state index contributed by atoms with van der Waals surface area (Å²) in [4.78, 5) is 13.6. The van der Waals surface area contributed by atoms with Crippen LogP contribution in [-0.4, -0.2) is 41.9 Å². The Labute approximate surface area is 229 Å². The van der Waals surface area contributed by atoms with Gasteiger partial charge in [0, 0.05) is 19.1 Å². The Bertz CT molecular complexity index is 1360. The fraction of sp³-hybridized carbons (Fsp3) is 0.367. The number of carboxylic acids is 1. The molecule has 2 aromatic carbocycles. The van der Waals surface area contributed by atoms with Crippen LogP contribution >= 0.6 is 11.3 Å². The summed E-state index contributed by atoms with van der Waals surface area (Å²) in [6, 6.07) is 18.1. The van der Waals surface area contributed by atoms with E-state index in [-0.39, 0.29) is 29.9 Å². The second-order valence-corrected chi connectivity index (χ2v) is 12.7. The van der Waals surface area contributed by atoms with Gasteiger partial charge in [-0.05, 0) is 71.0 Å². The van der Waals surface area contributed by atoms with Gasteiger partial charge in [0.1, 0.15) is 22.2 Å². The van der Waals surface area contributed by atoms with E-state index >= 15 is 0 Å². The molecule has 1 N–H and O–H groups in total. The molecule has 4 rings (SSSR count). The molecule has 0 amide bonds. The van der Waals surface area contributed by atoms with Gasteiger partial charge < -0.3 is 9.84 Å². The molecule has 1 aliphatic rings. The maximum atomic E-state index is 12.0. The molecule has 0 bridgehead atoms. The van der Waals surface area contributed by atoms with Crippen molar-refractivity contribution in [1.82, 2.24) is 4.90 Å². The highest BCUT2D eigenvalue weighted by Crippen LogP contribution is 2.25. The zero-order valence-electron chi connectivity index (χ0n) is 21.5. The first-order valence-electron chi connectivity index (χ1n) is 12.7. The van der Waals surface area contributed by atoms with Gasteiger partial charge >= 0.3 is 5.97 Å². The topological polar surface area (TPSA) is 83.9 Å². The summed E-state index contributed by atoms with van der Waals surface area (Å²) in [5.74, 6) is 5.78. The predicted octanol–water partition coefficient (Wildman–Crippen LogP) is 5.49. The molecule has 3 aromatic rings. The summed E-state index contributed by atoms with van der Waals surface area (Å²) >= 11 is 1.68. The van der Waals surface area contributed by atoms with E-state index in [1.54, 1.807) is 18.3 Å². The molecule has 38 heavy (non-hydrogen) atoms. The number of carboxylic acid groups (broad SMARTS) is 1. The third-order valence-corrected chi connectivity index (χ3v) is 9.22. The maximum Gasteiger partial charge on any atom is 0.304 e. The van der Waals surface area contributed by atoms with Crippen molar-refractivity contribution in [2.45, 2.75) is 57.8 Å². The van der Waals surface area contributed by atoms with Crippen LogP contribution in [-0.2, 0) is 34.3 Å². The molecule has 1 aromatic heterocycles. The van der Waals surface area contributed by atoms with Crippen LogP contribution in [0, 0.1) is 11.8 Å². The van der Waals surface area contributed by atoms with E-state index in [0.29, 0.717) is 25.2 Å². The van der Waals surface area contributed by atoms with E-state index in [2.05, 4.69) is 45.7 Å². The standard InChI is InChI=1S/C30H33NO5S2/c1-2-4-27(18-30(32)33)26-7-9-29(10-8-26)36-21-24-6-3-5-23(17-24)19-31(20-25-11-14-37-22-25)28-12-15-38(34,35)16-13-28/h3,5-11,14,17,22,27-28H,12-13,15-16,18-21H2,1H3,(H,32,33)/t27-/m0/s1. The van der Waals surface area contributed by atoms with Crippen LogP contribution in [0.25, 0.3) is 0 Å². The van der Waals surface area contributed by atoms with Crippen molar-refractivity contribution in [1.29, 1.82) is 0 Å². The van der Waals surface area contributed by atoms with Crippen LogP contribution in [0.2, 0.25) is 0 Å². The molecule has 2 heterocycles. The summed E-state index contributed by atoms with van der Waals surface area (Å²) < 4.78 is 30.0. The lowest BCUT2D eigenvalue weighted by Gasteiger charge is -2.34. The van der Waals surface area contributed by atoms with E-state index < -0.39 is 15.8 Å². The minimum absolute atomic E-state index is 0.0338. The molecule has 0 aliphatic carbocycles. The smallest absolute Gasteiger partial charge is 0.304 e. The number of hydrogen-bond donors (Lipinski definition) is 1. The quantitative estimate of drug-likeness (QED) is 0.318. The number of carbonyl (C=O) groups is 1. The van der Waals surface area contributed by atoms with E-state index in [1.807, 2.05) is 36.4 Å². The number of nitrogens with zero attached hydrogens (tertiary/aromatic N) is 1. The van der Waals surface area contributed by atoms with Gasteiger partial charge in [0.15, 0.2) is 0 Å². The van der Waals surface area contributed by atoms with Crippen molar-refractivity contribution in [3.8, 4) is 17.6 Å². The van der Waals surface area contributed by atoms with Crippen LogP contribution in [0.1, 0.15) is 54.4 Å². The molecule has 0 radical (unpaired) electrons. The fourth-order valence-electron chi connectivity index (χ4n) is 4.79. The van der Waals surface area contributed by atoms with Crippen molar-refractivity contribution in [2.24, 2.45) is 0 Å². The molecule has 1 saturated heterocycles. The Morgan fingerprint density at radius 1 is 1.08 bits per heavy atom. The molecular weight excluding hydrogens is 518 g/mol. The molecule has 200 valence electrons. The molecule has 1 aliphatic heterocycles.